The number of likely N-dealkylation sites (tertiary alicyclic amines) is 2. The first-order chi connectivity index (χ1) is 10.4. The van der Waals surface area contributed by atoms with Crippen LogP contribution in [-0.4, -0.2) is 54.7 Å². The molecule has 0 N–H and O–H groups in total. The molecule has 3 nitrogen and oxygen atoms in total. The number of hydrogen-bond donors (Lipinski definition) is 0. The molecule has 116 valence electrons. The van der Waals surface area contributed by atoms with Crippen LogP contribution in [0.2, 0.25) is 0 Å². The lowest BCUT2D eigenvalue weighted by molar-refractivity contribution is 0.0504. The Morgan fingerprint density at radius 2 is 1.81 bits per heavy atom. The molecule has 0 bridgehead atoms. The highest BCUT2D eigenvalue weighted by molar-refractivity contribution is 7.07. The summed E-state index contributed by atoms with van der Waals surface area (Å²) in [6, 6.07) is 3.92. The highest BCUT2D eigenvalue weighted by Gasteiger charge is 2.42. The molecule has 3 aliphatic rings. The Labute approximate surface area is 131 Å². The molecule has 0 spiro atoms. The van der Waals surface area contributed by atoms with Crippen LogP contribution < -0.4 is 0 Å². The summed E-state index contributed by atoms with van der Waals surface area (Å²) in [6.07, 6.45) is 5.29. The molecule has 21 heavy (non-hydrogen) atoms. The van der Waals surface area contributed by atoms with Crippen molar-refractivity contribution in [1.82, 2.24) is 9.80 Å². The number of nitrogens with zero attached hydrogens (tertiary/aromatic N) is 2. The summed E-state index contributed by atoms with van der Waals surface area (Å²) in [5.74, 6) is 0.878. The van der Waals surface area contributed by atoms with Crippen molar-refractivity contribution < 1.29 is 4.74 Å². The summed E-state index contributed by atoms with van der Waals surface area (Å²) >= 11 is 1.82. The van der Waals surface area contributed by atoms with Gasteiger partial charge < -0.3 is 4.74 Å². The highest BCUT2D eigenvalue weighted by atomic mass is 32.1. The van der Waals surface area contributed by atoms with E-state index in [2.05, 4.69) is 26.6 Å². The molecule has 4 rings (SSSR count). The van der Waals surface area contributed by atoms with Gasteiger partial charge in [0.15, 0.2) is 0 Å². The SMILES string of the molecule is c1cc(CN2CC[C@H]3[C@@H]2CCN3CC2CCOCC2)cs1. The van der Waals surface area contributed by atoms with Crippen LogP contribution in [-0.2, 0) is 11.3 Å². The Morgan fingerprint density at radius 1 is 1.05 bits per heavy atom. The topological polar surface area (TPSA) is 15.7 Å². The van der Waals surface area contributed by atoms with Gasteiger partial charge in [0.25, 0.3) is 0 Å². The highest BCUT2D eigenvalue weighted by Crippen LogP contribution is 2.34. The minimum atomic E-state index is 0.810. The molecule has 0 radical (unpaired) electrons. The summed E-state index contributed by atoms with van der Waals surface area (Å²) in [4.78, 5) is 5.53. The van der Waals surface area contributed by atoms with E-state index in [0.717, 1.165) is 37.8 Å². The zero-order valence-electron chi connectivity index (χ0n) is 12.7. The fourth-order valence-corrected chi connectivity index (χ4v) is 5.13. The maximum atomic E-state index is 5.50. The number of hydrogen-bond acceptors (Lipinski definition) is 4. The smallest absolute Gasteiger partial charge is 0.0469 e. The second-order valence-corrected chi connectivity index (χ2v) is 7.64. The third-order valence-electron chi connectivity index (χ3n) is 5.61. The predicted octanol–water partition coefficient (Wildman–Crippen LogP) is 2.82. The van der Waals surface area contributed by atoms with Gasteiger partial charge in [-0.05, 0) is 54.0 Å². The van der Waals surface area contributed by atoms with Crippen LogP contribution in [0, 0.1) is 5.92 Å². The zero-order chi connectivity index (χ0) is 14.1. The molecular formula is C17H26N2OS. The Bertz CT molecular complexity index is 444. The lowest BCUT2D eigenvalue weighted by Crippen LogP contribution is -2.39. The van der Waals surface area contributed by atoms with E-state index < -0.39 is 0 Å². The third-order valence-corrected chi connectivity index (χ3v) is 6.34. The van der Waals surface area contributed by atoms with Gasteiger partial charge in [0.05, 0.1) is 0 Å². The Morgan fingerprint density at radius 3 is 2.57 bits per heavy atom. The monoisotopic (exact) mass is 306 g/mol. The van der Waals surface area contributed by atoms with Crippen molar-refractivity contribution in [3.05, 3.63) is 22.4 Å². The molecule has 3 aliphatic heterocycles. The van der Waals surface area contributed by atoms with E-state index in [-0.39, 0.29) is 0 Å². The van der Waals surface area contributed by atoms with Crippen LogP contribution in [0.4, 0.5) is 0 Å². The van der Waals surface area contributed by atoms with Gasteiger partial charge in [-0.1, -0.05) is 0 Å². The minimum Gasteiger partial charge on any atom is -0.381 e. The second-order valence-electron chi connectivity index (χ2n) is 6.86. The van der Waals surface area contributed by atoms with E-state index in [9.17, 15) is 0 Å². The second kappa shape index (κ2) is 6.37. The van der Waals surface area contributed by atoms with Gasteiger partial charge >= 0.3 is 0 Å². The minimum absolute atomic E-state index is 0.810. The lowest BCUT2D eigenvalue weighted by atomic mass is 9.99. The molecule has 4 heteroatoms. The molecule has 0 amide bonds. The Kier molecular flexibility index (Phi) is 4.30. The van der Waals surface area contributed by atoms with E-state index in [4.69, 9.17) is 4.74 Å². The number of thiophene rings is 1. The maximum Gasteiger partial charge on any atom is 0.0469 e. The zero-order valence-corrected chi connectivity index (χ0v) is 13.6. The van der Waals surface area contributed by atoms with E-state index >= 15 is 0 Å². The summed E-state index contributed by atoms with van der Waals surface area (Å²) in [5.41, 5.74) is 1.50. The largest absolute Gasteiger partial charge is 0.381 e. The normalized spacial score (nSPS) is 31.8. The van der Waals surface area contributed by atoms with E-state index in [1.54, 1.807) is 0 Å². The van der Waals surface area contributed by atoms with Crippen molar-refractivity contribution in [1.29, 1.82) is 0 Å². The van der Waals surface area contributed by atoms with Crippen LogP contribution >= 0.6 is 11.3 Å². The van der Waals surface area contributed by atoms with Crippen LogP contribution in [0.15, 0.2) is 16.8 Å². The molecule has 1 aromatic rings. The fraction of sp³-hybridized carbons (Fsp3) is 0.765. The van der Waals surface area contributed by atoms with Crippen molar-refractivity contribution >= 4 is 11.3 Å². The molecule has 0 saturated carbocycles. The molecule has 3 fully saturated rings. The molecule has 0 unspecified atom stereocenters. The van der Waals surface area contributed by atoms with Crippen molar-refractivity contribution in [2.24, 2.45) is 5.92 Å². The first-order valence-corrected chi connectivity index (χ1v) is 9.41. The van der Waals surface area contributed by atoms with Crippen molar-refractivity contribution in [2.75, 3.05) is 32.8 Å². The lowest BCUT2D eigenvalue weighted by Gasteiger charge is -2.30. The summed E-state index contributed by atoms with van der Waals surface area (Å²) in [7, 11) is 0. The van der Waals surface area contributed by atoms with Gasteiger partial charge in [-0.15, -0.1) is 0 Å². The standard InChI is InChI=1S/C17H26N2OS/c1-6-18(11-14-3-8-20-9-4-14)16-2-7-19(17(1)16)12-15-5-10-21-13-15/h5,10,13-14,16-17H,1-4,6-9,11-12H2/t16-,17-/m0/s1. The quantitative estimate of drug-likeness (QED) is 0.851. The van der Waals surface area contributed by atoms with Gasteiger partial charge in [-0.25, -0.2) is 0 Å². The maximum absolute atomic E-state index is 5.50. The first-order valence-electron chi connectivity index (χ1n) is 8.47. The van der Waals surface area contributed by atoms with Crippen molar-refractivity contribution in [3.8, 4) is 0 Å². The fourth-order valence-electron chi connectivity index (χ4n) is 4.47. The van der Waals surface area contributed by atoms with Gasteiger partial charge in [0, 0.05) is 51.5 Å². The molecule has 2 atom stereocenters. The van der Waals surface area contributed by atoms with E-state index in [0.29, 0.717) is 0 Å². The number of fused-ring (bicyclic) bond motifs is 1. The third kappa shape index (κ3) is 3.04. The molecule has 4 heterocycles. The number of rotatable bonds is 4. The van der Waals surface area contributed by atoms with Crippen LogP contribution in [0.3, 0.4) is 0 Å². The van der Waals surface area contributed by atoms with Gasteiger partial charge in [-0.3, -0.25) is 9.80 Å². The summed E-state index contributed by atoms with van der Waals surface area (Å²) < 4.78 is 5.50. The Hall–Kier alpha value is -0.420. The first kappa shape index (κ1) is 14.2. The van der Waals surface area contributed by atoms with Crippen LogP contribution in [0.25, 0.3) is 0 Å². The molecule has 0 aromatic carbocycles. The average Bonchev–Trinajstić information content (AvgIpc) is 3.21. The molecule has 1 aromatic heterocycles. The molecule has 0 aliphatic carbocycles. The van der Waals surface area contributed by atoms with Crippen molar-refractivity contribution in [3.63, 3.8) is 0 Å². The average molecular weight is 306 g/mol. The van der Waals surface area contributed by atoms with Crippen LogP contribution in [0.5, 0.6) is 0 Å². The molecule has 3 saturated heterocycles. The summed E-state index contributed by atoms with van der Waals surface area (Å²) in [5, 5.41) is 4.51. The predicted molar refractivity (Wildman–Crippen MR) is 86.7 cm³/mol. The van der Waals surface area contributed by atoms with Gasteiger partial charge in [0.1, 0.15) is 0 Å². The molecular weight excluding hydrogens is 280 g/mol. The van der Waals surface area contributed by atoms with E-state index in [1.807, 2.05) is 11.3 Å². The van der Waals surface area contributed by atoms with E-state index in [1.165, 1.54) is 50.9 Å². The van der Waals surface area contributed by atoms with Crippen LogP contribution in [0.1, 0.15) is 31.2 Å². The summed E-state index contributed by atoms with van der Waals surface area (Å²) in [6.45, 7) is 7.04. The van der Waals surface area contributed by atoms with Gasteiger partial charge in [0.2, 0.25) is 0 Å². The number of ether oxygens (including phenoxy) is 1. The van der Waals surface area contributed by atoms with Crippen molar-refractivity contribution in [2.45, 2.75) is 44.3 Å². The Balaban J connectivity index is 1.34. The van der Waals surface area contributed by atoms with Gasteiger partial charge in [-0.2, -0.15) is 11.3 Å².